The first kappa shape index (κ1) is 18.6. The third-order valence-electron chi connectivity index (χ3n) is 3.99. The van der Waals surface area contributed by atoms with E-state index in [0.717, 1.165) is 5.56 Å². The van der Waals surface area contributed by atoms with Gasteiger partial charge < -0.3 is 10.1 Å². The highest BCUT2D eigenvalue weighted by atomic mass is 19.1. The van der Waals surface area contributed by atoms with Crippen LogP contribution in [0, 0.1) is 5.82 Å². The molecule has 2 aromatic rings. The minimum atomic E-state index is -0.378. The standard InChI is InChI=1S/C20H20FN3O3/c21-16-7-4-8-17(13-16)27-12-11-22-20(26)18-9-10-19(25)24(23-18)14-15-5-2-1-3-6-15/h1-8,13H,9-12,14H2,(H,22,26). The zero-order valence-electron chi connectivity index (χ0n) is 14.7. The zero-order chi connectivity index (χ0) is 19.1. The van der Waals surface area contributed by atoms with Gasteiger partial charge in [0.15, 0.2) is 0 Å². The second-order valence-corrected chi connectivity index (χ2v) is 6.05. The van der Waals surface area contributed by atoms with Crippen molar-refractivity contribution >= 4 is 17.5 Å². The van der Waals surface area contributed by atoms with Gasteiger partial charge in [0.2, 0.25) is 5.91 Å². The van der Waals surface area contributed by atoms with E-state index < -0.39 is 0 Å². The second-order valence-electron chi connectivity index (χ2n) is 6.05. The van der Waals surface area contributed by atoms with Crippen LogP contribution in [0.4, 0.5) is 4.39 Å². The van der Waals surface area contributed by atoms with E-state index in [9.17, 15) is 14.0 Å². The molecule has 140 valence electrons. The molecule has 0 spiro atoms. The number of carbonyl (C=O) groups excluding carboxylic acids is 2. The summed E-state index contributed by atoms with van der Waals surface area (Å²) in [5.74, 6) is -0.414. The van der Waals surface area contributed by atoms with Gasteiger partial charge in [-0.15, -0.1) is 0 Å². The fraction of sp³-hybridized carbons (Fsp3) is 0.250. The van der Waals surface area contributed by atoms with E-state index in [-0.39, 0.29) is 37.2 Å². The molecule has 27 heavy (non-hydrogen) atoms. The van der Waals surface area contributed by atoms with Crippen molar-refractivity contribution in [1.82, 2.24) is 10.3 Å². The number of hydrogen-bond donors (Lipinski definition) is 1. The van der Waals surface area contributed by atoms with Crippen LogP contribution in [0.25, 0.3) is 0 Å². The summed E-state index contributed by atoms with van der Waals surface area (Å²) in [6.07, 6.45) is 0.555. The number of halogens is 1. The van der Waals surface area contributed by atoms with Gasteiger partial charge in [-0.25, -0.2) is 9.40 Å². The predicted molar refractivity (Wildman–Crippen MR) is 98.6 cm³/mol. The summed E-state index contributed by atoms with van der Waals surface area (Å²) in [7, 11) is 0. The summed E-state index contributed by atoms with van der Waals surface area (Å²) in [6.45, 7) is 0.787. The van der Waals surface area contributed by atoms with Crippen molar-refractivity contribution in [3.63, 3.8) is 0 Å². The van der Waals surface area contributed by atoms with E-state index >= 15 is 0 Å². The van der Waals surface area contributed by atoms with Gasteiger partial charge in [0, 0.05) is 18.9 Å². The van der Waals surface area contributed by atoms with Crippen LogP contribution < -0.4 is 10.1 Å². The molecular weight excluding hydrogens is 349 g/mol. The quantitative estimate of drug-likeness (QED) is 0.763. The average Bonchev–Trinajstić information content (AvgIpc) is 2.68. The topological polar surface area (TPSA) is 71.0 Å². The summed E-state index contributed by atoms with van der Waals surface area (Å²) in [5, 5.41) is 8.24. The maximum atomic E-state index is 13.1. The maximum absolute atomic E-state index is 13.1. The number of carbonyl (C=O) groups is 2. The van der Waals surface area contributed by atoms with Gasteiger partial charge in [0.1, 0.15) is 23.9 Å². The van der Waals surface area contributed by atoms with Gasteiger partial charge in [-0.1, -0.05) is 36.4 Å². The summed E-state index contributed by atoms with van der Waals surface area (Å²) in [4.78, 5) is 24.3. The second kappa shape index (κ2) is 8.93. The Balaban J connectivity index is 1.51. The Morgan fingerprint density at radius 2 is 1.96 bits per heavy atom. The molecule has 0 aromatic heterocycles. The molecule has 0 radical (unpaired) electrons. The van der Waals surface area contributed by atoms with Crippen molar-refractivity contribution in [1.29, 1.82) is 0 Å². The number of ether oxygens (including phenoxy) is 1. The monoisotopic (exact) mass is 369 g/mol. The lowest BCUT2D eigenvalue weighted by Gasteiger charge is -2.23. The molecular formula is C20H20FN3O3. The van der Waals surface area contributed by atoms with Gasteiger partial charge in [0.05, 0.1) is 13.1 Å². The molecule has 0 saturated heterocycles. The lowest BCUT2D eigenvalue weighted by molar-refractivity contribution is -0.132. The molecule has 1 N–H and O–H groups in total. The molecule has 1 aliphatic heterocycles. The number of rotatable bonds is 7. The molecule has 6 nitrogen and oxygen atoms in total. The Kier molecular flexibility index (Phi) is 6.14. The Morgan fingerprint density at radius 1 is 1.15 bits per heavy atom. The van der Waals surface area contributed by atoms with Gasteiger partial charge in [-0.2, -0.15) is 5.10 Å². The van der Waals surface area contributed by atoms with Crippen molar-refractivity contribution in [2.75, 3.05) is 13.2 Å². The van der Waals surface area contributed by atoms with E-state index in [2.05, 4.69) is 10.4 Å². The summed E-state index contributed by atoms with van der Waals surface area (Å²) in [6, 6.07) is 15.3. The molecule has 2 amide bonds. The predicted octanol–water partition coefficient (Wildman–Crippen LogP) is 2.50. The lowest BCUT2D eigenvalue weighted by atomic mass is 10.1. The molecule has 7 heteroatoms. The van der Waals surface area contributed by atoms with Crippen molar-refractivity contribution in [2.24, 2.45) is 5.10 Å². The number of amides is 2. The Morgan fingerprint density at radius 3 is 2.74 bits per heavy atom. The highest BCUT2D eigenvalue weighted by Crippen LogP contribution is 2.14. The maximum Gasteiger partial charge on any atom is 0.267 e. The number of nitrogens with zero attached hydrogens (tertiary/aromatic N) is 2. The van der Waals surface area contributed by atoms with Crippen molar-refractivity contribution < 1.29 is 18.7 Å². The van der Waals surface area contributed by atoms with Crippen LogP contribution in [0.5, 0.6) is 5.75 Å². The SMILES string of the molecule is O=C(NCCOc1cccc(F)c1)C1=NN(Cc2ccccc2)C(=O)CC1. The van der Waals surface area contributed by atoms with Crippen molar-refractivity contribution in [3.05, 3.63) is 66.0 Å². The Hall–Kier alpha value is -3.22. The van der Waals surface area contributed by atoms with Gasteiger partial charge >= 0.3 is 0 Å². The summed E-state index contributed by atoms with van der Waals surface area (Å²) < 4.78 is 18.5. The minimum absolute atomic E-state index is 0.107. The van der Waals surface area contributed by atoms with Gasteiger partial charge in [0.25, 0.3) is 5.91 Å². The van der Waals surface area contributed by atoms with Gasteiger partial charge in [-0.05, 0) is 17.7 Å². The van der Waals surface area contributed by atoms with E-state index in [1.54, 1.807) is 12.1 Å². The minimum Gasteiger partial charge on any atom is -0.492 e. The van der Waals surface area contributed by atoms with Crippen LogP contribution >= 0.6 is 0 Å². The molecule has 1 heterocycles. The van der Waals surface area contributed by atoms with E-state index in [4.69, 9.17) is 4.74 Å². The third kappa shape index (κ3) is 5.37. The Bertz CT molecular complexity index is 839. The highest BCUT2D eigenvalue weighted by molar-refractivity contribution is 6.39. The number of hydrazone groups is 1. The molecule has 0 atom stereocenters. The molecule has 0 saturated carbocycles. The first-order chi connectivity index (χ1) is 13.1. The number of nitrogens with one attached hydrogen (secondary N) is 1. The summed E-state index contributed by atoms with van der Waals surface area (Å²) in [5.41, 5.74) is 1.26. The van der Waals surface area contributed by atoms with Crippen molar-refractivity contribution in [3.8, 4) is 5.75 Å². The average molecular weight is 369 g/mol. The molecule has 3 rings (SSSR count). The number of benzene rings is 2. The van der Waals surface area contributed by atoms with Gasteiger partial charge in [-0.3, -0.25) is 9.59 Å². The normalized spacial score (nSPS) is 13.9. The lowest BCUT2D eigenvalue weighted by Crippen LogP contribution is -2.40. The van der Waals surface area contributed by atoms with Crippen LogP contribution in [-0.4, -0.2) is 35.7 Å². The number of hydrogen-bond acceptors (Lipinski definition) is 4. The van der Waals surface area contributed by atoms with Crippen molar-refractivity contribution in [2.45, 2.75) is 19.4 Å². The van der Waals surface area contributed by atoms with E-state index in [1.807, 2.05) is 30.3 Å². The third-order valence-corrected chi connectivity index (χ3v) is 3.99. The molecule has 0 bridgehead atoms. The molecule has 0 aliphatic carbocycles. The zero-order valence-corrected chi connectivity index (χ0v) is 14.7. The molecule has 2 aromatic carbocycles. The van der Waals surface area contributed by atoms with Crippen LogP contribution in [0.2, 0.25) is 0 Å². The molecule has 0 fully saturated rings. The first-order valence-corrected chi connectivity index (χ1v) is 8.70. The fourth-order valence-corrected chi connectivity index (χ4v) is 2.64. The van der Waals surface area contributed by atoms with Crippen LogP contribution in [0.1, 0.15) is 18.4 Å². The fourth-order valence-electron chi connectivity index (χ4n) is 2.64. The molecule has 0 unspecified atom stereocenters. The van der Waals surface area contributed by atoms with Crippen LogP contribution in [-0.2, 0) is 16.1 Å². The Labute approximate surface area is 156 Å². The smallest absolute Gasteiger partial charge is 0.267 e. The highest BCUT2D eigenvalue weighted by Gasteiger charge is 2.24. The van der Waals surface area contributed by atoms with E-state index in [0.29, 0.717) is 24.4 Å². The van der Waals surface area contributed by atoms with E-state index in [1.165, 1.54) is 17.1 Å². The van der Waals surface area contributed by atoms with Crippen LogP contribution in [0.15, 0.2) is 59.7 Å². The van der Waals surface area contributed by atoms with Crippen LogP contribution in [0.3, 0.4) is 0 Å². The molecule has 1 aliphatic rings. The largest absolute Gasteiger partial charge is 0.492 e. The first-order valence-electron chi connectivity index (χ1n) is 8.70. The summed E-state index contributed by atoms with van der Waals surface area (Å²) >= 11 is 0.